The van der Waals surface area contributed by atoms with E-state index >= 15 is 0 Å². The molecule has 2 heterocycles. The fraction of sp³-hybridized carbons (Fsp3) is 0.444. The first kappa shape index (κ1) is 15.6. The van der Waals surface area contributed by atoms with E-state index in [1.54, 1.807) is 0 Å². The number of esters is 2. The van der Waals surface area contributed by atoms with Gasteiger partial charge in [0.05, 0.1) is 0 Å². The molecule has 0 saturated carbocycles. The maximum absolute atomic E-state index is 12.0. The second-order valence-electron chi connectivity index (χ2n) is 7.10. The van der Waals surface area contributed by atoms with Gasteiger partial charge in [0.15, 0.2) is 0 Å². The predicted octanol–water partition coefficient (Wildman–Crippen LogP) is 2.93. The Balaban J connectivity index is 1.97. The number of fused-ring (bicyclic) bond motifs is 1. The molecule has 0 bridgehead atoms. The fourth-order valence-electron chi connectivity index (χ4n) is 2.95. The van der Waals surface area contributed by atoms with Crippen LogP contribution in [0.15, 0.2) is 17.7 Å². The number of ether oxygens (including phenoxy) is 3. The number of cyclic esters (lactones) is 2. The summed E-state index contributed by atoms with van der Waals surface area (Å²) in [4.78, 5) is 24.1. The molecule has 2 aliphatic heterocycles. The van der Waals surface area contributed by atoms with E-state index in [4.69, 9.17) is 14.2 Å². The van der Waals surface area contributed by atoms with Gasteiger partial charge in [0.2, 0.25) is 0 Å². The molecule has 0 unspecified atom stereocenters. The first-order valence-corrected chi connectivity index (χ1v) is 7.57. The lowest BCUT2D eigenvalue weighted by Crippen LogP contribution is -2.41. The SMILES string of the molecule is Cc1cc(C=C2C(=O)OC(C)(C)OC2=O)cc2c1OC(C)(C)C2. The third-order valence-corrected chi connectivity index (χ3v) is 3.80. The van der Waals surface area contributed by atoms with Crippen LogP contribution >= 0.6 is 0 Å². The van der Waals surface area contributed by atoms with E-state index in [1.165, 1.54) is 19.9 Å². The zero-order valence-corrected chi connectivity index (χ0v) is 14.0. The zero-order valence-electron chi connectivity index (χ0n) is 14.0. The molecule has 1 aromatic rings. The summed E-state index contributed by atoms with van der Waals surface area (Å²) in [6, 6.07) is 3.82. The average Bonchev–Trinajstić information content (AvgIpc) is 2.68. The van der Waals surface area contributed by atoms with Crippen LogP contribution < -0.4 is 4.74 Å². The van der Waals surface area contributed by atoms with Crippen molar-refractivity contribution in [3.8, 4) is 5.75 Å². The van der Waals surface area contributed by atoms with Crippen molar-refractivity contribution in [3.05, 3.63) is 34.4 Å². The number of carbonyl (C=O) groups is 2. The molecule has 0 aromatic heterocycles. The summed E-state index contributed by atoms with van der Waals surface area (Å²) in [5, 5.41) is 0. The minimum absolute atomic E-state index is 0.0955. The molecule has 1 aromatic carbocycles. The predicted molar refractivity (Wildman–Crippen MR) is 83.8 cm³/mol. The van der Waals surface area contributed by atoms with Crippen LogP contribution in [0.2, 0.25) is 0 Å². The van der Waals surface area contributed by atoms with Gasteiger partial charge >= 0.3 is 11.9 Å². The van der Waals surface area contributed by atoms with Crippen LogP contribution in [0, 0.1) is 6.92 Å². The van der Waals surface area contributed by atoms with Crippen molar-refractivity contribution in [2.24, 2.45) is 0 Å². The van der Waals surface area contributed by atoms with Crippen LogP contribution in [-0.4, -0.2) is 23.3 Å². The Morgan fingerprint density at radius 1 is 1.00 bits per heavy atom. The van der Waals surface area contributed by atoms with Crippen molar-refractivity contribution in [3.63, 3.8) is 0 Å². The van der Waals surface area contributed by atoms with Gasteiger partial charge in [-0.15, -0.1) is 0 Å². The molecular weight excluding hydrogens is 296 g/mol. The number of carbonyl (C=O) groups excluding carboxylic acids is 2. The minimum Gasteiger partial charge on any atom is -0.487 e. The Morgan fingerprint density at radius 2 is 1.61 bits per heavy atom. The number of aryl methyl sites for hydroxylation is 1. The Kier molecular flexibility index (Phi) is 3.29. The van der Waals surface area contributed by atoms with Gasteiger partial charge in [0, 0.05) is 20.3 Å². The van der Waals surface area contributed by atoms with Crippen LogP contribution in [0.4, 0.5) is 0 Å². The fourth-order valence-corrected chi connectivity index (χ4v) is 2.95. The quantitative estimate of drug-likeness (QED) is 0.453. The van der Waals surface area contributed by atoms with Gasteiger partial charge in [-0.3, -0.25) is 0 Å². The topological polar surface area (TPSA) is 61.8 Å². The van der Waals surface area contributed by atoms with E-state index in [1.807, 2.05) is 32.9 Å². The molecule has 2 aliphatic rings. The summed E-state index contributed by atoms with van der Waals surface area (Å²) in [6.45, 7) is 9.06. The average molecular weight is 316 g/mol. The molecule has 1 saturated heterocycles. The summed E-state index contributed by atoms with van der Waals surface area (Å²) in [7, 11) is 0. The molecule has 0 radical (unpaired) electrons. The Hall–Kier alpha value is -2.30. The molecule has 0 amide bonds. The highest BCUT2D eigenvalue weighted by molar-refractivity contribution is 6.18. The maximum Gasteiger partial charge on any atom is 0.348 e. The van der Waals surface area contributed by atoms with Gasteiger partial charge in [-0.2, -0.15) is 0 Å². The first-order chi connectivity index (χ1) is 10.6. The summed E-state index contributed by atoms with van der Waals surface area (Å²) in [6.07, 6.45) is 2.29. The maximum atomic E-state index is 12.0. The van der Waals surface area contributed by atoms with Gasteiger partial charge in [0.25, 0.3) is 5.79 Å². The molecule has 0 atom stereocenters. The first-order valence-electron chi connectivity index (χ1n) is 7.57. The Bertz CT molecular complexity index is 718. The molecule has 3 rings (SSSR count). The van der Waals surface area contributed by atoms with Gasteiger partial charge < -0.3 is 14.2 Å². The normalized spacial score (nSPS) is 21.2. The number of hydrogen-bond acceptors (Lipinski definition) is 5. The van der Waals surface area contributed by atoms with Gasteiger partial charge in [-0.25, -0.2) is 9.59 Å². The molecule has 0 aliphatic carbocycles. The third-order valence-electron chi connectivity index (χ3n) is 3.80. The van der Waals surface area contributed by atoms with E-state index in [2.05, 4.69) is 0 Å². The van der Waals surface area contributed by atoms with Crippen LogP contribution in [0.25, 0.3) is 6.08 Å². The molecule has 1 fully saturated rings. The second kappa shape index (κ2) is 4.85. The lowest BCUT2D eigenvalue weighted by Gasteiger charge is -2.29. The highest BCUT2D eigenvalue weighted by Crippen LogP contribution is 2.38. The monoisotopic (exact) mass is 316 g/mol. The van der Waals surface area contributed by atoms with Crippen molar-refractivity contribution in [1.29, 1.82) is 0 Å². The molecule has 122 valence electrons. The van der Waals surface area contributed by atoms with Gasteiger partial charge in [0.1, 0.15) is 16.9 Å². The highest BCUT2D eigenvalue weighted by atomic mass is 16.7. The lowest BCUT2D eigenvalue weighted by atomic mass is 9.97. The van der Waals surface area contributed by atoms with Crippen molar-refractivity contribution >= 4 is 18.0 Å². The van der Waals surface area contributed by atoms with E-state index in [0.717, 1.165) is 28.9 Å². The van der Waals surface area contributed by atoms with Crippen molar-refractivity contribution < 1.29 is 23.8 Å². The Labute approximate surface area is 135 Å². The van der Waals surface area contributed by atoms with Gasteiger partial charge in [-0.05, 0) is 55.7 Å². The van der Waals surface area contributed by atoms with Crippen LogP contribution in [0.3, 0.4) is 0 Å². The largest absolute Gasteiger partial charge is 0.487 e. The third kappa shape index (κ3) is 2.96. The van der Waals surface area contributed by atoms with E-state index in [0.29, 0.717) is 0 Å². The molecule has 5 nitrogen and oxygen atoms in total. The van der Waals surface area contributed by atoms with Crippen molar-refractivity contribution in [1.82, 2.24) is 0 Å². The molecule has 5 heteroatoms. The van der Waals surface area contributed by atoms with Crippen LogP contribution in [0.1, 0.15) is 44.4 Å². The number of rotatable bonds is 1. The van der Waals surface area contributed by atoms with Gasteiger partial charge in [-0.1, -0.05) is 0 Å². The molecule has 0 spiro atoms. The molecular formula is C18H20O5. The highest BCUT2D eigenvalue weighted by Gasteiger charge is 2.39. The van der Waals surface area contributed by atoms with Crippen LogP contribution in [0.5, 0.6) is 5.75 Å². The smallest absolute Gasteiger partial charge is 0.348 e. The number of hydrogen-bond donors (Lipinski definition) is 0. The minimum atomic E-state index is -1.22. The summed E-state index contributed by atoms with van der Waals surface area (Å²) in [5.41, 5.74) is 2.46. The number of benzene rings is 1. The molecule has 0 N–H and O–H groups in total. The zero-order chi connectivity index (χ0) is 17.0. The molecule has 23 heavy (non-hydrogen) atoms. The standard InChI is InChI=1S/C18H20O5/c1-10-6-11(7-12-9-17(2,3)21-14(10)12)8-13-15(19)22-18(4,5)23-16(13)20/h6-8H,9H2,1-5H3. The van der Waals surface area contributed by atoms with E-state index < -0.39 is 17.7 Å². The van der Waals surface area contributed by atoms with Crippen molar-refractivity contribution in [2.45, 2.75) is 52.4 Å². The van der Waals surface area contributed by atoms with Crippen LogP contribution in [-0.2, 0) is 25.5 Å². The second-order valence-corrected chi connectivity index (χ2v) is 7.10. The summed E-state index contributed by atoms with van der Waals surface area (Å²) < 4.78 is 16.2. The van der Waals surface area contributed by atoms with Crippen molar-refractivity contribution in [2.75, 3.05) is 0 Å². The van der Waals surface area contributed by atoms with E-state index in [9.17, 15) is 9.59 Å². The summed E-state index contributed by atoms with van der Waals surface area (Å²) >= 11 is 0. The Morgan fingerprint density at radius 3 is 2.22 bits per heavy atom. The summed E-state index contributed by atoms with van der Waals surface area (Å²) in [5.74, 6) is -1.67. The van der Waals surface area contributed by atoms with E-state index in [-0.39, 0.29) is 11.2 Å². The lowest BCUT2D eigenvalue weighted by molar-refractivity contribution is -0.222.